The van der Waals surface area contributed by atoms with Crippen LogP contribution in [0.25, 0.3) is 0 Å². The Kier molecular flexibility index (Phi) is 9.02. The van der Waals surface area contributed by atoms with Crippen molar-refractivity contribution in [3.05, 3.63) is 47.4 Å². The molecule has 2 amide bonds. The van der Waals surface area contributed by atoms with Crippen LogP contribution in [0.5, 0.6) is 11.5 Å². The van der Waals surface area contributed by atoms with E-state index in [2.05, 4.69) is 0 Å². The van der Waals surface area contributed by atoms with Crippen LogP contribution in [0.2, 0.25) is 0 Å². The topological polar surface area (TPSA) is 72.2 Å². The van der Waals surface area contributed by atoms with Crippen molar-refractivity contribution in [1.29, 1.82) is 0 Å². The predicted molar refractivity (Wildman–Crippen MR) is 131 cm³/mol. The number of ether oxygens (including phenoxy) is 2. The fraction of sp³-hybridized carbons (Fsp3) is 0.556. The number of furan rings is 1. The number of hydrogen-bond donors (Lipinski definition) is 0. The summed E-state index contributed by atoms with van der Waals surface area (Å²) in [6, 6.07) is 9.55. The second-order valence-electron chi connectivity index (χ2n) is 9.31. The molecule has 2 aromatic rings. The first kappa shape index (κ1) is 25.7. The summed E-state index contributed by atoms with van der Waals surface area (Å²) in [7, 11) is 3.22. The summed E-state index contributed by atoms with van der Waals surface area (Å²) in [5.41, 5.74) is 1.04. The highest BCUT2D eigenvalue weighted by atomic mass is 16.5. The average molecular weight is 471 g/mol. The van der Waals surface area contributed by atoms with Gasteiger partial charge in [-0.1, -0.05) is 18.9 Å². The number of benzene rings is 1. The van der Waals surface area contributed by atoms with Crippen molar-refractivity contribution in [2.24, 2.45) is 5.92 Å². The standard InChI is InChI=1S/C27H38N2O5/c1-19(2)29(27(31)22-8-6-7-9-22)18-26(30)28(17-23-12-10-20(3)34-23)15-14-21-11-13-24(32-4)25(16-21)33-5/h10-13,16,19,22H,6-9,14-15,17-18H2,1-5H3. The van der Waals surface area contributed by atoms with Crippen LogP contribution in [0, 0.1) is 12.8 Å². The van der Waals surface area contributed by atoms with Gasteiger partial charge < -0.3 is 23.7 Å². The monoisotopic (exact) mass is 470 g/mol. The van der Waals surface area contributed by atoms with Gasteiger partial charge in [0.15, 0.2) is 11.5 Å². The third kappa shape index (κ3) is 6.55. The largest absolute Gasteiger partial charge is 0.493 e. The van der Waals surface area contributed by atoms with Crippen LogP contribution in [-0.2, 0) is 22.6 Å². The molecule has 0 radical (unpaired) electrons. The molecule has 0 bridgehead atoms. The van der Waals surface area contributed by atoms with Crippen LogP contribution < -0.4 is 9.47 Å². The fourth-order valence-electron chi connectivity index (χ4n) is 4.52. The lowest BCUT2D eigenvalue weighted by molar-refractivity contribution is -0.144. The van der Waals surface area contributed by atoms with Gasteiger partial charge in [0, 0.05) is 18.5 Å². The summed E-state index contributed by atoms with van der Waals surface area (Å²) in [6.07, 6.45) is 4.66. The summed E-state index contributed by atoms with van der Waals surface area (Å²) >= 11 is 0. The third-order valence-corrected chi connectivity index (χ3v) is 6.53. The minimum Gasteiger partial charge on any atom is -0.493 e. The third-order valence-electron chi connectivity index (χ3n) is 6.53. The number of methoxy groups -OCH3 is 2. The Morgan fingerprint density at radius 3 is 2.35 bits per heavy atom. The Morgan fingerprint density at radius 2 is 1.76 bits per heavy atom. The zero-order valence-corrected chi connectivity index (χ0v) is 21.1. The molecule has 1 fully saturated rings. The summed E-state index contributed by atoms with van der Waals surface area (Å²) in [5.74, 6) is 2.95. The first-order chi connectivity index (χ1) is 16.3. The quantitative estimate of drug-likeness (QED) is 0.480. The van der Waals surface area contributed by atoms with Crippen molar-refractivity contribution >= 4 is 11.8 Å². The number of aryl methyl sites for hydroxylation is 1. The lowest BCUT2D eigenvalue weighted by Gasteiger charge is -2.31. The SMILES string of the molecule is COc1ccc(CCN(Cc2ccc(C)o2)C(=O)CN(C(=O)C2CCCC2)C(C)C)cc1OC. The van der Waals surface area contributed by atoms with Gasteiger partial charge in [0.2, 0.25) is 11.8 Å². The van der Waals surface area contributed by atoms with Crippen LogP contribution >= 0.6 is 0 Å². The average Bonchev–Trinajstić information content (AvgIpc) is 3.51. The van der Waals surface area contributed by atoms with E-state index in [0.29, 0.717) is 31.0 Å². The van der Waals surface area contributed by atoms with Gasteiger partial charge in [0.25, 0.3) is 0 Å². The molecule has 1 aliphatic rings. The molecule has 0 aliphatic heterocycles. The molecule has 1 aliphatic carbocycles. The minimum absolute atomic E-state index is 0.0318. The van der Waals surface area contributed by atoms with Crippen molar-refractivity contribution in [1.82, 2.24) is 9.80 Å². The number of hydrogen-bond acceptors (Lipinski definition) is 5. The number of nitrogens with zero attached hydrogens (tertiary/aromatic N) is 2. The molecular formula is C27H38N2O5. The summed E-state index contributed by atoms with van der Waals surface area (Å²) in [5, 5.41) is 0. The lowest BCUT2D eigenvalue weighted by Crippen LogP contribution is -2.47. The van der Waals surface area contributed by atoms with Gasteiger partial charge in [-0.05, 0) is 69.9 Å². The maximum absolute atomic E-state index is 13.5. The molecular weight excluding hydrogens is 432 g/mol. The highest BCUT2D eigenvalue weighted by Gasteiger charge is 2.31. The maximum Gasteiger partial charge on any atom is 0.242 e. The molecule has 0 N–H and O–H groups in total. The Labute approximate surface area is 203 Å². The molecule has 7 nitrogen and oxygen atoms in total. The molecule has 0 spiro atoms. The molecule has 1 saturated carbocycles. The second-order valence-corrected chi connectivity index (χ2v) is 9.31. The Morgan fingerprint density at radius 1 is 1.06 bits per heavy atom. The van der Waals surface area contributed by atoms with Gasteiger partial charge in [0.05, 0.1) is 27.3 Å². The van der Waals surface area contributed by atoms with E-state index in [1.807, 2.05) is 51.1 Å². The van der Waals surface area contributed by atoms with Crippen LogP contribution in [0.15, 0.2) is 34.7 Å². The van der Waals surface area contributed by atoms with E-state index < -0.39 is 0 Å². The van der Waals surface area contributed by atoms with Crippen LogP contribution in [0.1, 0.15) is 56.6 Å². The molecule has 1 aromatic carbocycles. The smallest absolute Gasteiger partial charge is 0.242 e. The van der Waals surface area contributed by atoms with E-state index in [4.69, 9.17) is 13.9 Å². The van der Waals surface area contributed by atoms with Crippen LogP contribution in [-0.4, -0.2) is 55.0 Å². The van der Waals surface area contributed by atoms with Crippen LogP contribution in [0.3, 0.4) is 0 Å². The molecule has 0 unspecified atom stereocenters. The normalized spacial score (nSPS) is 13.8. The van der Waals surface area contributed by atoms with Crippen molar-refractivity contribution in [3.63, 3.8) is 0 Å². The van der Waals surface area contributed by atoms with Crippen molar-refractivity contribution in [3.8, 4) is 11.5 Å². The number of amides is 2. The van der Waals surface area contributed by atoms with Crippen LogP contribution in [0.4, 0.5) is 0 Å². The first-order valence-corrected chi connectivity index (χ1v) is 12.2. The number of carbonyl (C=O) groups excluding carboxylic acids is 2. The van der Waals surface area contributed by atoms with Crippen molar-refractivity contribution in [2.75, 3.05) is 27.3 Å². The van der Waals surface area contributed by atoms with Gasteiger partial charge in [-0.3, -0.25) is 9.59 Å². The molecule has 3 rings (SSSR count). The minimum atomic E-state index is -0.0745. The van der Waals surface area contributed by atoms with Gasteiger partial charge in [-0.25, -0.2) is 0 Å². The zero-order valence-electron chi connectivity index (χ0n) is 21.1. The van der Waals surface area contributed by atoms with Crippen molar-refractivity contribution in [2.45, 2.75) is 65.5 Å². The van der Waals surface area contributed by atoms with Gasteiger partial charge >= 0.3 is 0 Å². The maximum atomic E-state index is 13.5. The van der Waals surface area contributed by atoms with Gasteiger partial charge in [-0.2, -0.15) is 0 Å². The molecule has 1 aromatic heterocycles. The van der Waals surface area contributed by atoms with E-state index in [1.165, 1.54) is 0 Å². The van der Waals surface area contributed by atoms with Gasteiger partial charge in [0.1, 0.15) is 11.5 Å². The summed E-state index contributed by atoms with van der Waals surface area (Å²) in [6.45, 7) is 6.79. The van der Waals surface area contributed by atoms with E-state index in [1.54, 1.807) is 24.0 Å². The van der Waals surface area contributed by atoms with E-state index in [-0.39, 0.29) is 30.3 Å². The van der Waals surface area contributed by atoms with E-state index in [0.717, 1.165) is 42.8 Å². The molecule has 0 atom stereocenters. The van der Waals surface area contributed by atoms with Gasteiger partial charge in [-0.15, -0.1) is 0 Å². The highest BCUT2D eigenvalue weighted by Crippen LogP contribution is 2.29. The highest BCUT2D eigenvalue weighted by molar-refractivity contribution is 5.86. The Bertz CT molecular complexity index is 962. The van der Waals surface area contributed by atoms with E-state index >= 15 is 0 Å². The second kappa shape index (κ2) is 12.0. The fourth-order valence-corrected chi connectivity index (χ4v) is 4.52. The Hall–Kier alpha value is -2.96. The summed E-state index contributed by atoms with van der Waals surface area (Å²) < 4.78 is 16.5. The lowest BCUT2D eigenvalue weighted by atomic mass is 10.1. The Balaban J connectivity index is 1.74. The number of carbonyl (C=O) groups is 2. The molecule has 0 saturated heterocycles. The molecule has 7 heteroatoms. The van der Waals surface area contributed by atoms with Crippen molar-refractivity contribution < 1.29 is 23.5 Å². The number of rotatable bonds is 11. The zero-order chi connectivity index (χ0) is 24.7. The molecule has 34 heavy (non-hydrogen) atoms. The predicted octanol–water partition coefficient (Wildman–Crippen LogP) is 4.60. The van der Waals surface area contributed by atoms with E-state index in [9.17, 15) is 9.59 Å². The molecule has 186 valence electrons. The first-order valence-electron chi connectivity index (χ1n) is 12.2. The molecule has 1 heterocycles. The summed E-state index contributed by atoms with van der Waals surface area (Å²) in [4.78, 5) is 30.1.